The third-order valence-corrected chi connectivity index (χ3v) is 7.75. The Hall–Kier alpha value is -2.39. The Kier molecular flexibility index (Phi) is 8.76. The zero-order chi connectivity index (χ0) is 24.9. The van der Waals surface area contributed by atoms with Crippen LogP contribution in [0.5, 0.6) is 0 Å². The minimum Gasteiger partial charge on any atom is -0.352 e. The van der Waals surface area contributed by atoms with Crippen LogP contribution >= 0.6 is 15.9 Å². The first-order valence-corrected chi connectivity index (χ1v) is 14.1. The molecule has 0 heterocycles. The average Bonchev–Trinajstić information content (AvgIpc) is 3.28. The molecule has 0 aromatic heterocycles. The summed E-state index contributed by atoms with van der Waals surface area (Å²) in [6, 6.07) is 13.8. The van der Waals surface area contributed by atoms with Gasteiger partial charge in [0.15, 0.2) is 0 Å². The van der Waals surface area contributed by atoms with Gasteiger partial charge in [0.1, 0.15) is 12.6 Å². The molecule has 1 aliphatic rings. The van der Waals surface area contributed by atoms with E-state index >= 15 is 0 Å². The molecule has 1 unspecified atom stereocenters. The molecule has 0 bridgehead atoms. The summed E-state index contributed by atoms with van der Waals surface area (Å²) in [4.78, 5) is 28.0. The van der Waals surface area contributed by atoms with Crippen LogP contribution in [0.15, 0.2) is 53.0 Å². The maximum atomic E-state index is 13.5. The number of hydrogen-bond donors (Lipinski definition) is 1. The van der Waals surface area contributed by atoms with Crippen molar-refractivity contribution in [3.05, 3.63) is 64.1 Å². The number of aryl methyl sites for hydroxylation is 1. The van der Waals surface area contributed by atoms with E-state index in [1.807, 2.05) is 31.2 Å². The van der Waals surface area contributed by atoms with Crippen LogP contribution in [-0.4, -0.2) is 50.0 Å². The summed E-state index contributed by atoms with van der Waals surface area (Å²) in [6.45, 7) is 3.39. The van der Waals surface area contributed by atoms with Crippen LogP contribution in [0, 0.1) is 6.92 Å². The Bertz CT molecular complexity index is 1120. The van der Waals surface area contributed by atoms with E-state index in [0.29, 0.717) is 5.69 Å². The summed E-state index contributed by atoms with van der Waals surface area (Å²) in [7, 11) is -3.73. The van der Waals surface area contributed by atoms with Crippen molar-refractivity contribution in [2.24, 2.45) is 0 Å². The normalized spacial score (nSPS) is 15.1. The Morgan fingerprint density at radius 2 is 1.76 bits per heavy atom. The van der Waals surface area contributed by atoms with Crippen molar-refractivity contribution in [3.8, 4) is 0 Å². The molecular weight excluding hydrogens is 518 g/mol. The summed E-state index contributed by atoms with van der Waals surface area (Å²) in [5, 5.41) is 3.06. The molecular formula is C25H32BrN3O4S. The molecule has 0 aliphatic heterocycles. The Morgan fingerprint density at radius 3 is 2.35 bits per heavy atom. The largest absolute Gasteiger partial charge is 0.352 e. The monoisotopic (exact) mass is 549 g/mol. The molecule has 9 heteroatoms. The molecule has 2 aromatic rings. The van der Waals surface area contributed by atoms with Crippen LogP contribution in [0.1, 0.15) is 43.7 Å². The lowest BCUT2D eigenvalue weighted by molar-refractivity contribution is -0.139. The first-order valence-electron chi connectivity index (χ1n) is 11.4. The van der Waals surface area contributed by atoms with Crippen LogP contribution in [0.3, 0.4) is 0 Å². The van der Waals surface area contributed by atoms with Gasteiger partial charge in [-0.15, -0.1) is 0 Å². The lowest BCUT2D eigenvalue weighted by Crippen LogP contribution is -2.52. The highest BCUT2D eigenvalue weighted by atomic mass is 79.9. The van der Waals surface area contributed by atoms with Crippen molar-refractivity contribution in [1.82, 2.24) is 10.2 Å². The predicted molar refractivity (Wildman–Crippen MR) is 138 cm³/mol. The van der Waals surface area contributed by atoms with Crippen LogP contribution in [0.4, 0.5) is 5.69 Å². The summed E-state index contributed by atoms with van der Waals surface area (Å²) in [5.41, 5.74) is 2.23. The highest BCUT2D eigenvalue weighted by molar-refractivity contribution is 9.10. The van der Waals surface area contributed by atoms with E-state index in [1.165, 1.54) is 4.90 Å². The molecule has 0 spiro atoms. The fourth-order valence-corrected chi connectivity index (χ4v) is 5.43. The van der Waals surface area contributed by atoms with Gasteiger partial charge in [0.25, 0.3) is 0 Å². The van der Waals surface area contributed by atoms with Crippen molar-refractivity contribution < 1.29 is 18.0 Å². The van der Waals surface area contributed by atoms with Gasteiger partial charge < -0.3 is 10.2 Å². The molecule has 7 nitrogen and oxygen atoms in total. The first-order chi connectivity index (χ1) is 16.0. The van der Waals surface area contributed by atoms with Crippen LogP contribution < -0.4 is 9.62 Å². The van der Waals surface area contributed by atoms with Crippen LogP contribution in [0.25, 0.3) is 0 Å². The molecule has 0 radical (unpaired) electrons. The molecule has 1 N–H and O–H groups in total. The topological polar surface area (TPSA) is 86.8 Å². The highest BCUT2D eigenvalue weighted by Crippen LogP contribution is 2.21. The third-order valence-electron chi connectivity index (χ3n) is 6.11. The minimum atomic E-state index is -3.73. The number of rotatable bonds is 9. The van der Waals surface area contributed by atoms with Crippen molar-refractivity contribution in [2.75, 3.05) is 17.1 Å². The molecule has 1 aliphatic carbocycles. The molecule has 2 aromatic carbocycles. The van der Waals surface area contributed by atoms with E-state index in [9.17, 15) is 18.0 Å². The number of nitrogens with one attached hydrogen (secondary N) is 1. The quantitative estimate of drug-likeness (QED) is 0.512. The van der Waals surface area contributed by atoms with E-state index in [1.54, 1.807) is 31.2 Å². The number of sulfonamides is 1. The third kappa shape index (κ3) is 7.06. The van der Waals surface area contributed by atoms with Gasteiger partial charge in [0, 0.05) is 17.1 Å². The minimum absolute atomic E-state index is 0.123. The number of benzene rings is 2. The first kappa shape index (κ1) is 26.2. The fourth-order valence-electron chi connectivity index (χ4n) is 4.13. The smallest absolute Gasteiger partial charge is 0.244 e. The zero-order valence-corrected chi connectivity index (χ0v) is 22.2. The molecule has 184 valence electrons. The van der Waals surface area contributed by atoms with Gasteiger partial charge in [0.05, 0.1) is 11.9 Å². The Morgan fingerprint density at radius 1 is 1.12 bits per heavy atom. The van der Waals surface area contributed by atoms with Crippen molar-refractivity contribution in [3.63, 3.8) is 0 Å². The second-order valence-corrected chi connectivity index (χ2v) is 11.7. The van der Waals surface area contributed by atoms with Crippen molar-refractivity contribution in [1.29, 1.82) is 0 Å². The van der Waals surface area contributed by atoms with Crippen molar-refractivity contribution in [2.45, 2.75) is 58.2 Å². The van der Waals surface area contributed by atoms with Crippen LogP contribution in [-0.2, 0) is 26.2 Å². The summed E-state index contributed by atoms with van der Waals surface area (Å²) >= 11 is 3.45. The van der Waals surface area contributed by atoms with Gasteiger partial charge in [0.2, 0.25) is 21.8 Å². The maximum absolute atomic E-state index is 13.5. The second-order valence-electron chi connectivity index (χ2n) is 8.92. The number of carbonyl (C=O) groups is 2. The van der Waals surface area contributed by atoms with E-state index in [0.717, 1.165) is 51.8 Å². The van der Waals surface area contributed by atoms with E-state index < -0.39 is 28.5 Å². The maximum Gasteiger partial charge on any atom is 0.244 e. The molecule has 0 saturated heterocycles. The Balaban J connectivity index is 1.87. The molecule has 3 rings (SSSR count). The highest BCUT2D eigenvalue weighted by Gasteiger charge is 2.31. The average molecular weight is 551 g/mol. The number of carbonyl (C=O) groups excluding carboxylic acids is 2. The zero-order valence-electron chi connectivity index (χ0n) is 19.8. The lowest BCUT2D eigenvalue weighted by Gasteiger charge is -2.32. The molecule has 2 amide bonds. The predicted octanol–water partition coefficient (Wildman–Crippen LogP) is 4.00. The summed E-state index contributed by atoms with van der Waals surface area (Å²) in [5.74, 6) is -0.670. The number of nitrogens with zero attached hydrogens (tertiary/aromatic N) is 2. The van der Waals surface area contributed by atoms with Gasteiger partial charge in [-0.3, -0.25) is 13.9 Å². The van der Waals surface area contributed by atoms with Gasteiger partial charge in [-0.1, -0.05) is 58.6 Å². The van der Waals surface area contributed by atoms with Gasteiger partial charge in [-0.25, -0.2) is 8.42 Å². The number of anilines is 1. The number of amides is 2. The second kappa shape index (κ2) is 11.4. The SMILES string of the molecule is Cc1ccc(N(CC(=O)N(Cc2cccc(Br)c2)C(C)C(=O)NC2CCCC2)S(C)(=O)=O)cc1. The van der Waals surface area contributed by atoms with Crippen molar-refractivity contribution >= 4 is 43.5 Å². The summed E-state index contributed by atoms with van der Waals surface area (Å²) < 4.78 is 27.1. The van der Waals surface area contributed by atoms with E-state index in [2.05, 4.69) is 21.2 Å². The molecule has 1 atom stereocenters. The number of hydrogen-bond acceptors (Lipinski definition) is 4. The lowest BCUT2D eigenvalue weighted by atomic mass is 10.1. The number of halogens is 1. The fraction of sp³-hybridized carbons (Fsp3) is 0.440. The van der Waals surface area contributed by atoms with Gasteiger partial charge in [-0.2, -0.15) is 0 Å². The van der Waals surface area contributed by atoms with Gasteiger partial charge in [-0.05, 0) is 56.5 Å². The van der Waals surface area contributed by atoms with Gasteiger partial charge >= 0.3 is 0 Å². The molecule has 1 saturated carbocycles. The molecule has 34 heavy (non-hydrogen) atoms. The Labute approximate surface area is 210 Å². The van der Waals surface area contributed by atoms with E-state index in [4.69, 9.17) is 0 Å². The molecule has 1 fully saturated rings. The summed E-state index contributed by atoms with van der Waals surface area (Å²) in [6.07, 6.45) is 5.12. The van der Waals surface area contributed by atoms with Crippen LogP contribution in [0.2, 0.25) is 0 Å². The standard InChI is InChI=1S/C25H32BrN3O4S/c1-18-11-13-23(14-12-18)29(34(3,32)33)17-24(30)28(16-20-7-6-8-21(26)15-20)19(2)25(31)27-22-9-4-5-10-22/h6-8,11-15,19,22H,4-5,9-10,16-17H2,1-3H3,(H,27,31). The van der Waals surface area contributed by atoms with E-state index in [-0.39, 0.29) is 18.5 Å².